The van der Waals surface area contributed by atoms with Gasteiger partial charge in [0.2, 0.25) is 0 Å². The Hall–Kier alpha value is -1.29. The molecule has 0 saturated carbocycles. The van der Waals surface area contributed by atoms with Crippen LogP contribution in [0.5, 0.6) is 0 Å². The van der Waals surface area contributed by atoms with Crippen LogP contribution in [0.1, 0.15) is 41.3 Å². The first-order valence-electron chi connectivity index (χ1n) is 6.52. The predicted octanol–water partition coefficient (Wildman–Crippen LogP) is 2.03. The summed E-state index contributed by atoms with van der Waals surface area (Å²) in [7, 11) is 0. The Balaban J connectivity index is 2.30. The molecule has 0 aromatic carbocycles. The summed E-state index contributed by atoms with van der Waals surface area (Å²) in [6.45, 7) is 11.5. The van der Waals surface area contributed by atoms with Crippen LogP contribution in [-0.4, -0.2) is 36.0 Å². The van der Waals surface area contributed by atoms with Crippen molar-refractivity contribution in [3.05, 3.63) is 22.6 Å². The van der Waals surface area contributed by atoms with E-state index in [0.29, 0.717) is 6.04 Å². The topological polar surface area (TPSA) is 45.5 Å². The Morgan fingerprint density at radius 3 is 2.50 bits per heavy atom. The lowest BCUT2D eigenvalue weighted by atomic mass is 10.1. The Bertz CT molecular complexity index is 465. The van der Waals surface area contributed by atoms with Gasteiger partial charge in [0.15, 0.2) is 0 Å². The van der Waals surface area contributed by atoms with Gasteiger partial charge in [-0.1, -0.05) is 0 Å². The molecule has 1 amide bonds. The van der Waals surface area contributed by atoms with Crippen molar-refractivity contribution >= 4 is 5.91 Å². The molecule has 100 valence electrons. The van der Waals surface area contributed by atoms with Gasteiger partial charge in [0.05, 0.1) is 5.56 Å². The van der Waals surface area contributed by atoms with E-state index in [2.05, 4.69) is 19.2 Å². The van der Waals surface area contributed by atoms with Crippen molar-refractivity contribution in [3.63, 3.8) is 0 Å². The third-order valence-electron chi connectivity index (χ3n) is 3.80. The van der Waals surface area contributed by atoms with E-state index >= 15 is 0 Å². The lowest BCUT2D eigenvalue weighted by molar-refractivity contribution is 0.0614. The normalized spacial score (nSPS) is 24.4. The van der Waals surface area contributed by atoms with Crippen LogP contribution in [0.25, 0.3) is 0 Å². The molecule has 4 heteroatoms. The van der Waals surface area contributed by atoms with Gasteiger partial charge in [-0.05, 0) is 34.6 Å². The van der Waals surface area contributed by atoms with Crippen molar-refractivity contribution in [2.24, 2.45) is 0 Å². The number of carbonyl (C=O) groups is 1. The van der Waals surface area contributed by atoms with E-state index in [0.717, 1.165) is 35.7 Å². The number of aryl methyl sites for hydroxylation is 2. The molecule has 2 atom stereocenters. The maximum absolute atomic E-state index is 12.6. The lowest BCUT2D eigenvalue weighted by Crippen LogP contribution is -2.56. The minimum absolute atomic E-state index is 0.0997. The van der Waals surface area contributed by atoms with Crippen molar-refractivity contribution in [1.29, 1.82) is 0 Å². The molecule has 1 fully saturated rings. The third kappa shape index (κ3) is 2.17. The van der Waals surface area contributed by atoms with Crippen molar-refractivity contribution in [2.45, 2.75) is 46.7 Å². The fourth-order valence-corrected chi connectivity index (χ4v) is 2.56. The highest BCUT2D eigenvalue weighted by molar-refractivity contribution is 5.97. The second-order valence-electron chi connectivity index (χ2n) is 5.33. The van der Waals surface area contributed by atoms with Crippen LogP contribution in [0.3, 0.4) is 0 Å². The first kappa shape index (κ1) is 13.1. The van der Waals surface area contributed by atoms with Gasteiger partial charge in [0.25, 0.3) is 5.91 Å². The van der Waals surface area contributed by atoms with Gasteiger partial charge >= 0.3 is 0 Å². The van der Waals surface area contributed by atoms with E-state index in [-0.39, 0.29) is 11.9 Å². The number of hydrogen-bond donors (Lipinski definition) is 1. The summed E-state index contributed by atoms with van der Waals surface area (Å²) in [6.07, 6.45) is 0. The van der Waals surface area contributed by atoms with Gasteiger partial charge in [-0.2, -0.15) is 0 Å². The minimum atomic E-state index is 0.0997. The Morgan fingerprint density at radius 2 is 1.94 bits per heavy atom. The maximum atomic E-state index is 12.6. The van der Waals surface area contributed by atoms with Crippen LogP contribution in [-0.2, 0) is 0 Å². The molecule has 1 aliphatic rings. The number of amides is 1. The number of nitrogens with zero attached hydrogens (tertiary/aromatic N) is 1. The summed E-state index contributed by atoms with van der Waals surface area (Å²) in [6, 6.07) is 0.571. The van der Waals surface area contributed by atoms with E-state index < -0.39 is 0 Å². The average molecular weight is 250 g/mol. The quantitative estimate of drug-likeness (QED) is 0.829. The van der Waals surface area contributed by atoms with Crippen LogP contribution < -0.4 is 5.32 Å². The van der Waals surface area contributed by atoms with Crippen LogP contribution in [0.15, 0.2) is 4.42 Å². The second kappa shape index (κ2) is 4.76. The fourth-order valence-electron chi connectivity index (χ4n) is 2.56. The van der Waals surface area contributed by atoms with Crippen molar-refractivity contribution < 1.29 is 9.21 Å². The maximum Gasteiger partial charge on any atom is 0.258 e. The van der Waals surface area contributed by atoms with E-state index in [1.807, 2.05) is 25.7 Å². The highest BCUT2D eigenvalue weighted by atomic mass is 16.3. The molecule has 2 heterocycles. The molecule has 4 nitrogen and oxygen atoms in total. The molecular formula is C14H22N2O2. The van der Waals surface area contributed by atoms with Crippen molar-refractivity contribution in [2.75, 3.05) is 13.1 Å². The molecule has 0 bridgehead atoms. The number of nitrogens with one attached hydrogen (secondary N) is 1. The molecule has 1 aliphatic heterocycles. The molecule has 0 aliphatic carbocycles. The van der Waals surface area contributed by atoms with Gasteiger partial charge in [-0.15, -0.1) is 0 Å². The molecule has 1 aromatic heterocycles. The number of furan rings is 1. The smallest absolute Gasteiger partial charge is 0.258 e. The Labute approximate surface area is 108 Å². The largest absolute Gasteiger partial charge is 0.466 e. The van der Waals surface area contributed by atoms with E-state index in [9.17, 15) is 4.79 Å². The zero-order chi connectivity index (χ0) is 13.4. The van der Waals surface area contributed by atoms with Crippen LogP contribution in [0, 0.1) is 20.8 Å². The zero-order valence-corrected chi connectivity index (χ0v) is 11.8. The van der Waals surface area contributed by atoms with E-state index in [1.165, 1.54) is 0 Å². The molecule has 0 radical (unpaired) electrons. The molecule has 18 heavy (non-hydrogen) atoms. The molecule has 1 saturated heterocycles. The van der Waals surface area contributed by atoms with Crippen LogP contribution in [0.4, 0.5) is 0 Å². The third-order valence-corrected chi connectivity index (χ3v) is 3.80. The summed E-state index contributed by atoms with van der Waals surface area (Å²) in [5.74, 6) is 1.67. The number of rotatable bonds is 1. The molecule has 1 N–H and O–H groups in total. The van der Waals surface area contributed by atoms with Crippen LogP contribution >= 0.6 is 0 Å². The van der Waals surface area contributed by atoms with Crippen molar-refractivity contribution in [1.82, 2.24) is 10.2 Å². The molecule has 1 aromatic rings. The standard InChI is InChI=1S/C14H22N2O2/c1-8-7-16(9(2)6-15-8)14(17)13-10(3)11(4)18-12(13)5/h8-9,15H,6-7H2,1-5H3. The summed E-state index contributed by atoms with van der Waals surface area (Å²) >= 11 is 0. The van der Waals surface area contributed by atoms with E-state index in [1.54, 1.807) is 0 Å². The Morgan fingerprint density at radius 1 is 1.28 bits per heavy atom. The number of piperazine rings is 1. The first-order chi connectivity index (χ1) is 8.41. The van der Waals surface area contributed by atoms with Gasteiger partial charge in [0, 0.05) is 30.7 Å². The molecule has 2 rings (SSSR count). The summed E-state index contributed by atoms with van der Waals surface area (Å²) in [4.78, 5) is 14.6. The lowest BCUT2D eigenvalue weighted by Gasteiger charge is -2.37. The Kier molecular flexibility index (Phi) is 3.48. The highest BCUT2D eigenvalue weighted by Gasteiger charge is 2.30. The van der Waals surface area contributed by atoms with E-state index in [4.69, 9.17) is 4.42 Å². The molecule has 2 unspecified atom stereocenters. The molecule has 0 spiro atoms. The number of hydrogen-bond acceptors (Lipinski definition) is 3. The summed E-state index contributed by atoms with van der Waals surface area (Å²) < 4.78 is 5.56. The summed E-state index contributed by atoms with van der Waals surface area (Å²) in [5.41, 5.74) is 1.71. The zero-order valence-electron chi connectivity index (χ0n) is 11.8. The van der Waals surface area contributed by atoms with Gasteiger partial charge < -0.3 is 14.6 Å². The fraction of sp³-hybridized carbons (Fsp3) is 0.643. The monoisotopic (exact) mass is 250 g/mol. The van der Waals surface area contributed by atoms with Gasteiger partial charge in [0.1, 0.15) is 11.5 Å². The predicted molar refractivity (Wildman–Crippen MR) is 70.9 cm³/mol. The second-order valence-corrected chi connectivity index (χ2v) is 5.33. The van der Waals surface area contributed by atoms with Crippen LogP contribution in [0.2, 0.25) is 0 Å². The summed E-state index contributed by atoms with van der Waals surface area (Å²) in [5, 5.41) is 3.39. The SMILES string of the molecule is Cc1oc(C)c(C(=O)N2CC(C)NCC2C)c1C. The minimum Gasteiger partial charge on any atom is -0.466 e. The van der Waals surface area contributed by atoms with Gasteiger partial charge in [-0.3, -0.25) is 4.79 Å². The first-order valence-corrected chi connectivity index (χ1v) is 6.52. The number of carbonyl (C=O) groups excluding carboxylic acids is 1. The molecular weight excluding hydrogens is 228 g/mol. The van der Waals surface area contributed by atoms with Gasteiger partial charge in [-0.25, -0.2) is 0 Å². The van der Waals surface area contributed by atoms with Crippen molar-refractivity contribution in [3.8, 4) is 0 Å². The average Bonchev–Trinajstić information content (AvgIpc) is 2.56. The highest BCUT2D eigenvalue weighted by Crippen LogP contribution is 2.23.